The molecule has 0 saturated carbocycles. The van der Waals surface area contributed by atoms with Crippen LogP contribution in [0.25, 0.3) is 32.7 Å². The van der Waals surface area contributed by atoms with Crippen LogP contribution in [-0.4, -0.2) is 0 Å². The molecule has 0 spiro atoms. The molecule has 1 heteroatoms. The van der Waals surface area contributed by atoms with Crippen LogP contribution < -0.4 is 15.9 Å². The van der Waals surface area contributed by atoms with Gasteiger partial charge in [0.2, 0.25) is 0 Å². The van der Waals surface area contributed by atoms with Gasteiger partial charge >= 0.3 is 0 Å². The molecule has 0 aliphatic heterocycles. The van der Waals surface area contributed by atoms with Crippen LogP contribution in [0.4, 0.5) is 0 Å². The molecule has 6 rings (SSSR count). The normalized spacial score (nSPS) is 13.1. The molecule has 0 nitrogen and oxygen atoms in total. The van der Waals surface area contributed by atoms with Crippen molar-refractivity contribution in [1.82, 2.24) is 0 Å². The molecule has 0 bridgehead atoms. The predicted octanol–water partition coefficient (Wildman–Crippen LogP) is 12.6. The SMILES string of the molecule is CC(C)(C)c1cc(P(c2cc(C(C)(C)C)cc(C(C)(C)C)c2)c2ccc3ccccc3c2-c2cccc3ccccc23)cc(C(C)(C)C)c1. The van der Waals surface area contributed by atoms with Gasteiger partial charge in [0.05, 0.1) is 0 Å². The van der Waals surface area contributed by atoms with Crippen molar-refractivity contribution in [1.29, 1.82) is 0 Å². The molecule has 0 aliphatic rings. The van der Waals surface area contributed by atoms with Gasteiger partial charge in [0.15, 0.2) is 0 Å². The lowest BCUT2D eigenvalue weighted by atomic mass is 9.81. The number of hydrogen-bond donors (Lipinski definition) is 0. The van der Waals surface area contributed by atoms with Crippen molar-refractivity contribution < 1.29 is 0 Å². The van der Waals surface area contributed by atoms with E-state index in [1.807, 2.05) is 0 Å². The van der Waals surface area contributed by atoms with Gasteiger partial charge in [-0.2, -0.15) is 0 Å². The molecule has 0 heterocycles. The van der Waals surface area contributed by atoms with Crippen LogP contribution in [0.5, 0.6) is 0 Å². The Morgan fingerprint density at radius 1 is 0.367 bits per heavy atom. The van der Waals surface area contributed by atoms with Crippen LogP contribution in [-0.2, 0) is 21.7 Å². The van der Waals surface area contributed by atoms with Crippen molar-refractivity contribution in [2.75, 3.05) is 0 Å². The van der Waals surface area contributed by atoms with Crippen LogP contribution in [0.3, 0.4) is 0 Å². The molecule has 6 aromatic rings. The summed E-state index contributed by atoms with van der Waals surface area (Å²) in [6, 6.07) is 44.6. The maximum Gasteiger partial charge on any atom is -0.00155 e. The van der Waals surface area contributed by atoms with Gasteiger partial charge < -0.3 is 0 Å². The number of rotatable bonds is 4. The van der Waals surface area contributed by atoms with E-state index in [0.29, 0.717) is 0 Å². The van der Waals surface area contributed by atoms with Crippen molar-refractivity contribution in [3.8, 4) is 11.1 Å². The van der Waals surface area contributed by atoms with Crippen molar-refractivity contribution in [2.24, 2.45) is 0 Å². The molecule has 0 unspecified atom stereocenters. The van der Waals surface area contributed by atoms with Gasteiger partial charge in [-0.25, -0.2) is 0 Å². The van der Waals surface area contributed by atoms with E-state index in [4.69, 9.17) is 0 Å². The van der Waals surface area contributed by atoms with Gasteiger partial charge in [0.1, 0.15) is 0 Å². The molecule has 252 valence electrons. The fraction of sp³-hybridized carbons (Fsp3) is 0.333. The third-order valence-electron chi connectivity index (χ3n) is 10.0. The zero-order chi connectivity index (χ0) is 35.5. The number of benzene rings is 6. The third kappa shape index (κ3) is 7.14. The first-order chi connectivity index (χ1) is 22.8. The summed E-state index contributed by atoms with van der Waals surface area (Å²) in [5, 5.41) is 9.44. The predicted molar refractivity (Wildman–Crippen MR) is 220 cm³/mol. The Labute approximate surface area is 297 Å². The highest BCUT2D eigenvalue weighted by Crippen LogP contribution is 2.45. The molecule has 0 atom stereocenters. The Kier molecular flexibility index (Phi) is 8.99. The van der Waals surface area contributed by atoms with E-state index in [1.54, 1.807) is 0 Å². The van der Waals surface area contributed by atoms with E-state index in [2.05, 4.69) is 198 Å². The standard InChI is InChI=1S/C48H55P/c1-45(2,3)34-26-35(46(4,5)6)29-38(28-34)49(39-30-36(47(7,8)9)27-37(31-39)48(10,11)12)43-25-24-33-19-14-16-22-41(33)44(43)42-23-17-20-32-18-13-15-21-40(32)42/h13-31H,1-12H3. The zero-order valence-electron chi connectivity index (χ0n) is 31.9. The Hall–Kier alpha value is -3.73. The average Bonchev–Trinajstić information content (AvgIpc) is 3.02. The van der Waals surface area contributed by atoms with E-state index < -0.39 is 7.92 Å². The first-order valence-corrected chi connectivity index (χ1v) is 19.3. The summed E-state index contributed by atoms with van der Waals surface area (Å²) in [6.45, 7) is 28.3. The summed E-state index contributed by atoms with van der Waals surface area (Å²) in [5.74, 6) is 0. The number of hydrogen-bond acceptors (Lipinski definition) is 0. The van der Waals surface area contributed by atoms with E-state index >= 15 is 0 Å². The van der Waals surface area contributed by atoms with Gasteiger partial charge in [-0.05, 0) is 100 Å². The second-order valence-electron chi connectivity index (χ2n) is 18.1. The lowest BCUT2D eigenvalue weighted by molar-refractivity contribution is 0.569. The Balaban J connectivity index is 1.81. The molecule has 0 aliphatic carbocycles. The quantitative estimate of drug-likeness (QED) is 0.165. The van der Waals surface area contributed by atoms with E-state index in [-0.39, 0.29) is 21.7 Å². The zero-order valence-corrected chi connectivity index (χ0v) is 32.8. The summed E-state index contributed by atoms with van der Waals surface area (Å²) >= 11 is 0. The minimum Gasteiger partial charge on any atom is -0.0616 e. The van der Waals surface area contributed by atoms with Crippen LogP contribution in [0.2, 0.25) is 0 Å². The summed E-state index contributed by atoms with van der Waals surface area (Å²) in [7, 11) is -0.972. The van der Waals surface area contributed by atoms with Crippen molar-refractivity contribution in [3.63, 3.8) is 0 Å². The second kappa shape index (κ2) is 12.5. The van der Waals surface area contributed by atoms with Crippen LogP contribution in [0, 0.1) is 0 Å². The van der Waals surface area contributed by atoms with E-state index in [9.17, 15) is 0 Å². The Morgan fingerprint density at radius 3 is 1.20 bits per heavy atom. The smallest absolute Gasteiger partial charge is 0.00155 e. The summed E-state index contributed by atoms with van der Waals surface area (Å²) in [4.78, 5) is 0. The molecule has 0 radical (unpaired) electrons. The highest BCUT2D eigenvalue weighted by atomic mass is 31.1. The van der Waals surface area contributed by atoms with Crippen LogP contribution in [0.1, 0.15) is 105 Å². The molecule has 6 aromatic carbocycles. The van der Waals surface area contributed by atoms with Crippen LogP contribution >= 0.6 is 7.92 Å². The highest BCUT2D eigenvalue weighted by molar-refractivity contribution is 7.80. The summed E-state index contributed by atoms with van der Waals surface area (Å²) < 4.78 is 0. The van der Waals surface area contributed by atoms with Gasteiger partial charge in [-0.1, -0.05) is 198 Å². The largest absolute Gasteiger partial charge is 0.0616 e. The maximum atomic E-state index is 2.55. The number of fused-ring (bicyclic) bond motifs is 2. The monoisotopic (exact) mass is 662 g/mol. The lowest BCUT2D eigenvalue weighted by Crippen LogP contribution is -2.28. The van der Waals surface area contributed by atoms with Crippen molar-refractivity contribution in [3.05, 3.63) is 138 Å². The molecule has 0 fully saturated rings. The van der Waals surface area contributed by atoms with Gasteiger partial charge in [0, 0.05) is 0 Å². The lowest BCUT2D eigenvalue weighted by Gasteiger charge is -2.32. The Morgan fingerprint density at radius 2 is 0.755 bits per heavy atom. The van der Waals surface area contributed by atoms with Crippen molar-refractivity contribution >= 4 is 45.4 Å². The fourth-order valence-electron chi connectivity index (χ4n) is 6.81. The second-order valence-corrected chi connectivity index (χ2v) is 20.3. The minimum atomic E-state index is -0.972. The van der Waals surface area contributed by atoms with E-state index in [1.165, 1.54) is 70.8 Å². The first kappa shape index (κ1) is 35.1. The topological polar surface area (TPSA) is 0 Å². The van der Waals surface area contributed by atoms with Gasteiger partial charge in [0.25, 0.3) is 0 Å². The summed E-state index contributed by atoms with van der Waals surface area (Å²) in [5.41, 5.74) is 8.34. The van der Waals surface area contributed by atoms with Crippen LogP contribution in [0.15, 0.2) is 115 Å². The third-order valence-corrected chi connectivity index (χ3v) is 12.4. The molecule has 0 N–H and O–H groups in total. The first-order valence-electron chi connectivity index (χ1n) is 17.9. The summed E-state index contributed by atoms with van der Waals surface area (Å²) in [6.07, 6.45) is 0. The maximum absolute atomic E-state index is 2.55. The fourth-order valence-corrected chi connectivity index (χ4v) is 9.43. The Bertz CT molecular complexity index is 2010. The average molecular weight is 663 g/mol. The molecule has 0 aromatic heterocycles. The molecular weight excluding hydrogens is 608 g/mol. The van der Waals surface area contributed by atoms with Gasteiger partial charge in [-0.15, -0.1) is 0 Å². The van der Waals surface area contributed by atoms with Crippen molar-refractivity contribution in [2.45, 2.75) is 105 Å². The molecule has 0 saturated heterocycles. The molecular formula is C48H55P. The highest BCUT2D eigenvalue weighted by Gasteiger charge is 2.30. The van der Waals surface area contributed by atoms with Gasteiger partial charge in [-0.3, -0.25) is 0 Å². The molecule has 49 heavy (non-hydrogen) atoms. The minimum absolute atomic E-state index is 0.0166. The van der Waals surface area contributed by atoms with E-state index in [0.717, 1.165) is 0 Å². The molecule has 0 amide bonds.